The summed E-state index contributed by atoms with van der Waals surface area (Å²) in [6.45, 7) is 0.691. The van der Waals surface area contributed by atoms with Gasteiger partial charge in [0, 0.05) is 12.1 Å². The second-order valence-corrected chi connectivity index (χ2v) is 10.1. The van der Waals surface area contributed by atoms with Gasteiger partial charge in [-0.15, -0.1) is 0 Å². The zero-order chi connectivity index (χ0) is 19.6. The lowest BCUT2D eigenvalue weighted by Gasteiger charge is -2.57. The summed E-state index contributed by atoms with van der Waals surface area (Å²) in [5, 5.41) is 0. The second kappa shape index (κ2) is 6.42. The summed E-state index contributed by atoms with van der Waals surface area (Å²) >= 11 is 0. The molecule has 1 aliphatic heterocycles. The van der Waals surface area contributed by atoms with Gasteiger partial charge in [0.25, 0.3) is 0 Å². The largest absolute Gasteiger partial charge is 0.331 e. The average Bonchev–Trinajstić information content (AvgIpc) is 2.72. The minimum Gasteiger partial charge on any atom is -0.331 e. The van der Waals surface area contributed by atoms with Gasteiger partial charge in [-0.25, -0.2) is 4.39 Å². The first-order valence-corrected chi connectivity index (χ1v) is 11.3. The normalized spacial score (nSPS) is 34.9. The Morgan fingerprint density at radius 1 is 0.862 bits per heavy atom. The summed E-state index contributed by atoms with van der Waals surface area (Å²) in [6, 6.07) is 15.0. The van der Waals surface area contributed by atoms with Crippen molar-refractivity contribution in [2.24, 2.45) is 23.2 Å². The van der Waals surface area contributed by atoms with Crippen LogP contribution in [0.3, 0.4) is 0 Å². The summed E-state index contributed by atoms with van der Waals surface area (Å²) in [7, 11) is 0. The Balaban J connectivity index is 1.43. The third kappa shape index (κ3) is 2.69. The van der Waals surface area contributed by atoms with E-state index in [-0.39, 0.29) is 17.3 Å². The lowest BCUT2D eigenvalue weighted by atomic mass is 9.49. The fraction of sp³-hybridized carbons (Fsp3) is 0.500. The lowest BCUT2D eigenvalue weighted by molar-refractivity contribution is -0.160. The molecule has 4 saturated carbocycles. The van der Waals surface area contributed by atoms with Crippen LogP contribution in [-0.2, 0) is 11.2 Å². The number of carbonyl (C=O) groups is 1. The van der Waals surface area contributed by atoms with Crippen molar-refractivity contribution >= 4 is 5.91 Å². The molecule has 2 aromatic rings. The van der Waals surface area contributed by atoms with Crippen molar-refractivity contribution in [3.05, 3.63) is 71.0 Å². The predicted octanol–water partition coefficient (Wildman–Crippen LogP) is 5.52. The molecule has 1 amide bonds. The van der Waals surface area contributed by atoms with Gasteiger partial charge in [0.1, 0.15) is 5.82 Å². The molecule has 0 unspecified atom stereocenters. The van der Waals surface area contributed by atoms with Gasteiger partial charge in [0.2, 0.25) is 5.91 Å². The number of carbonyl (C=O) groups excluding carboxylic acids is 1. The maximum absolute atomic E-state index is 14.9. The summed E-state index contributed by atoms with van der Waals surface area (Å²) in [5.74, 6) is 2.29. The van der Waals surface area contributed by atoms with Crippen molar-refractivity contribution in [1.82, 2.24) is 4.90 Å². The van der Waals surface area contributed by atoms with Gasteiger partial charge in [-0.1, -0.05) is 42.5 Å². The second-order valence-electron chi connectivity index (χ2n) is 10.1. The molecule has 1 atom stereocenters. The molecule has 4 fully saturated rings. The van der Waals surface area contributed by atoms with E-state index in [1.807, 2.05) is 29.2 Å². The van der Waals surface area contributed by atoms with E-state index in [2.05, 4.69) is 12.1 Å². The highest BCUT2D eigenvalue weighted by molar-refractivity contribution is 5.84. The molecule has 4 bridgehead atoms. The van der Waals surface area contributed by atoms with Crippen LogP contribution >= 0.6 is 0 Å². The number of hydrogen-bond donors (Lipinski definition) is 0. The first-order valence-electron chi connectivity index (χ1n) is 11.3. The standard InChI is InChI=1S/C26H28FNO/c27-23-8-4-3-7-22(23)24-21-6-2-1-5-20(21)9-10-28(24)25(29)26-14-17-11-18(15-26)13-19(12-17)16-26/h1-8,17-19,24H,9-16H2/t17?,18?,19?,24-,26?/m1/s1. The first kappa shape index (κ1) is 17.7. The molecule has 7 rings (SSSR count). The lowest BCUT2D eigenvalue weighted by Crippen LogP contribution is -2.56. The van der Waals surface area contributed by atoms with Crippen molar-refractivity contribution < 1.29 is 9.18 Å². The molecule has 0 N–H and O–H groups in total. The van der Waals surface area contributed by atoms with Crippen LogP contribution in [0, 0.1) is 29.0 Å². The molecule has 29 heavy (non-hydrogen) atoms. The van der Waals surface area contributed by atoms with E-state index in [9.17, 15) is 9.18 Å². The Morgan fingerprint density at radius 3 is 2.10 bits per heavy atom. The number of hydrogen-bond acceptors (Lipinski definition) is 1. The van der Waals surface area contributed by atoms with Crippen LogP contribution in [0.25, 0.3) is 0 Å². The monoisotopic (exact) mass is 389 g/mol. The summed E-state index contributed by atoms with van der Waals surface area (Å²) in [6.07, 6.45) is 8.00. The molecule has 150 valence electrons. The smallest absolute Gasteiger partial charge is 0.229 e. The third-order valence-electron chi connectivity index (χ3n) is 8.24. The topological polar surface area (TPSA) is 20.3 Å². The number of benzene rings is 2. The average molecular weight is 390 g/mol. The molecule has 2 aromatic carbocycles. The Bertz CT molecular complexity index is 931. The number of nitrogens with zero attached hydrogens (tertiary/aromatic N) is 1. The molecule has 4 aliphatic carbocycles. The summed E-state index contributed by atoms with van der Waals surface area (Å²) in [5.41, 5.74) is 2.79. The maximum Gasteiger partial charge on any atom is 0.229 e. The fourth-order valence-corrected chi connectivity index (χ4v) is 7.49. The Labute approximate surface area is 172 Å². The van der Waals surface area contributed by atoms with Crippen LogP contribution in [-0.4, -0.2) is 17.4 Å². The number of amides is 1. The van der Waals surface area contributed by atoms with Crippen LogP contribution in [0.2, 0.25) is 0 Å². The van der Waals surface area contributed by atoms with Gasteiger partial charge >= 0.3 is 0 Å². The van der Waals surface area contributed by atoms with Gasteiger partial charge in [-0.05, 0) is 79.9 Å². The van der Waals surface area contributed by atoms with Crippen LogP contribution in [0.4, 0.5) is 4.39 Å². The zero-order valence-electron chi connectivity index (χ0n) is 16.8. The highest BCUT2D eigenvalue weighted by atomic mass is 19.1. The molecule has 1 heterocycles. The van der Waals surface area contributed by atoms with Crippen molar-refractivity contribution in [2.75, 3.05) is 6.54 Å². The van der Waals surface area contributed by atoms with E-state index < -0.39 is 0 Å². The van der Waals surface area contributed by atoms with Crippen LogP contribution in [0.15, 0.2) is 48.5 Å². The molecule has 0 radical (unpaired) electrons. The van der Waals surface area contributed by atoms with Crippen molar-refractivity contribution in [3.8, 4) is 0 Å². The van der Waals surface area contributed by atoms with Crippen LogP contribution < -0.4 is 0 Å². The quantitative estimate of drug-likeness (QED) is 0.663. The van der Waals surface area contributed by atoms with Gasteiger partial charge in [0.15, 0.2) is 0 Å². The van der Waals surface area contributed by atoms with Crippen molar-refractivity contribution in [3.63, 3.8) is 0 Å². The van der Waals surface area contributed by atoms with Crippen LogP contribution in [0.1, 0.15) is 61.3 Å². The minimum absolute atomic E-state index is 0.190. The van der Waals surface area contributed by atoms with E-state index in [0.717, 1.165) is 49.0 Å². The number of halogens is 1. The van der Waals surface area contributed by atoms with E-state index in [0.29, 0.717) is 18.0 Å². The van der Waals surface area contributed by atoms with E-state index in [1.54, 1.807) is 6.07 Å². The SMILES string of the molecule is O=C(N1CCc2ccccc2[C@@H]1c1ccccc1F)C12CC3CC(CC(C3)C1)C2. The van der Waals surface area contributed by atoms with Gasteiger partial charge < -0.3 is 4.90 Å². The molecular formula is C26H28FNO. The van der Waals surface area contributed by atoms with E-state index >= 15 is 0 Å². The first-order chi connectivity index (χ1) is 14.1. The highest BCUT2D eigenvalue weighted by Crippen LogP contribution is 2.61. The van der Waals surface area contributed by atoms with Crippen molar-refractivity contribution in [1.29, 1.82) is 0 Å². The van der Waals surface area contributed by atoms with Gasteiger partial charge in [0.05, 0.1) is 11.5 Å². The predicted molar refractivity (Wildman–Crippen MR) is 111 cm³/mol. The Hall–Kier alpha value is -2.16. The third-order valence-corrected chi connectivity index (χ3v) is 8.24. The Kier molecular flexibility index (Phi) is 3.91. The van der Waals surface area contributed by atoms with E-state index in [4.69, 9.17) is 0 Å². The number of rotatable bonds is 2. The molecule has 0 spiro atoms. The Morgan fingerprint density at radius 2 is 1.45 bits per heavy atom. The number of fused-ring (bicyclic) bond motifs is 1. The summed E-state index contributed by atoms with van der Waals surface area (Å²) < 4.78 is 14.9. The van der Waals surface area contributed by atoms with Crippen molar-refractivity contribution in [2.45, 2.75) is 51.0 Å². The molecule has 3 heteroatoms. The van der Waals surface area contributed by atoms with Crippen LogP contribution in [0.5, 0.6) is 0 Å². The highest BCUT2D eigenvalue weighted by Gasteiger charge is 2.56. The fourth-order valence-electron chi connectivity index (χ4n) is 7.49. The molecule has 0 saturated heterocycles. The minimum atomic E-state index is -0.304. The molecule has 2 nitrogen and oxygen atoms in total. The molecular weight excluding hydrogens is 361 g/mol. The maximum atomic E-state index is 14.9. The van der Waals surface area contributed by atoms with Gasteiger partial charge in [-0.3, -0.25) is 4.79 Å². The molecule has 5 aliphatic rings. The molecule has 0 aromatic heterocycles. The summed E-state index contributed by atoms with van der Waals surface area (Å²) in [4.78, 5) is 16.2. The zero-order valence-corrected chi connectivity index (χ0v) is 16.8. The van der Waals surface area contributed by atoms with E-state index in [1.165, 1.54) is 30.9 Å². The van der Waals surface area contributed by atoms with Gasteiger partial charge in [-0.2, -0.15) is 0 Å².